The number of likely N-dealkylation sites (tertiary alicyclic amines) is 1. The van der Waals surface area contributed by atoms with Crippen molar-refractivity contribution in [3.8, 4) is 5.88 Å². The van der Waals surface area contributed by atoms with E-state index < -0.39 is 0 Å². The first-order valence-electron chi connectivity index (χ1n) is 9.36. The summed E-state index contributed by atoms with van der Waals surface area (Å²) in [6, 6.07) is 3.47. The molecule has 3 aromatic heterocycles. The van der Waals surface area contributed by atoms with E-state index in [0.29, 0.717) is 42.2 Å². The third-order valence-electron chi connectivity index (χ3n) is 5.37. The van der Waals surface area contributed by atoms with Crippen LogP contribution in [-0.2, 0) is 11.2 Å². The summed E-state index contributed by atoms with van der Waals surface area (Å²) in [5.74, 6) is 1.07. The standard InChI is InChI=1S/C19H23N5O4/c1-11-12(2)20-16-10-14(21-24(16)19(11)26)15-5-4-8-23(15)18(25)7-6-13-9-17(27-3)22-28-13/h9-10,15,21H,4-8H2,1-3H3. The van der Waals surface area contributed by atoms with Crippen LogP contribution in [0.2, 0.25) is 0 Å². The number of nitrogens with zero attached hydrogens (tertiary/aromatic N) is 4. The van der Waals surface area contributed by atoms with Crippen LogP contribution in [0.15, 0.2) is 21.5 Å². The number of nitrogens with one attached hydrogen (secondary N) is 1. The number of carbonyl (C=O) groups excluding carboxylic acids is 1. The fourth-order valence-corrected chi connectivity index (χ4v) is 3.68. The molecule has 0 aliphatic carbocycles. The molecule has 9 nitrogen and oxygen atoms in total. The van der Waals surface area contributed by atoms with E-state index in [2.05, 4.69) is 15.2 Å². The van der Waals surface area contributed by atoms with Gasteiger partial charge in [0.25, 0.3) is 11.4 Å². The predicted octanol–water partition coefficient (Wildman–Crippen LogP) is 1.93. The lowest BCUT2D eigenvalue weighted by molar-refractivity contribution is -0.132. The van der Waals surface area contributed by atoms with Gasteiger partial charge in [-0.05, 0) is 31.8 Å². The van der Waals surface area contributed by atoms with E-state index in [1.165, 1.54) is 11.6 Å². The fraction of sp³-hybridized carbons (Fsp3) is 0.474. The van der Waals surface area contributed by atoms with E-state index in [-0.39, 0.29) is 17.5 Å². The first-order chi connectivity index (χ1) is 13.5. The van der Waals surface area contributed by atoms with Crippen molar-refractivity contribution in [2.24, 2.45) is 0 Å². The molecule has 1 fully saturated rings. The van der Waals surface area contributed by atoms with Crippen LogP contribution in [-0.4, -0.2) is 44.2 Å². The van der Waals surface area contributed by atoms with Crippen LogP contribution in [0, 0.1) is 13.8 Å². The molecule has 4 rings (SSSR count). The Hall–Kier alpha value is -3.10. The number of ether oxygens (including phenoxy) is 1. The molecule has 1 amide bonds. The lowest BCUT2D eigenvalue weighted by Crippen LogP contribution is -2.31. The number of carbonyl (C=O) groups is 1. The Morgan fingerprint density at radius 2 is 2.21 bits per heavy atom. The smallest absolute Gasteiger partial charge is 0.275 e. The molecule has 28 heavy (non-hydrogen) atoms. The zero-order valence-electron chi connectivity index (χ0n) is 16.2. The van der Waals surface area contributed by atoms with Gasteiger partial charge in [0.05, 0.1) is 18.8 Å². The summed E-state index contributed by atoms with van der Waals surface area (Å²) >= 11 is 0. The second-order valence-electron chi connectivity index (χ2n) is 7.11. The molecule has 4 heterocycles. The fourth-order valence-electron chi connectivity index (χ4n) is 3.68. The molecule has 0 radical (unpaired) electrons. The largest absolute Gasteiger partial charge is 0.479 e. The summed E-state index contributed by atoms with van der Waals surface area (Å²) in [7, 11) is 1.52. The van der Waals surface area contributed by atoms with Gasteiger partial charge in [-0.15, -0.1) is 0 Å². The molecule has 1 saturated heterocycles. The molecule has 3 aromatic rings. The molecule has 1 aliphatic heterocycles. The van der Waals surface area contributed by atoms with Crippen molar-refractivity contribution < 1.29 is 14.1 Å². The second kappa shape index (κ2) is 7.14. The quantitative estimate of drug-likeness (QED) is 0.719. The van der Waals surface area contributed by atoms with Gasteiger partial charge in [-0.25, -0.2) is 9.50 Å². The number of aryl methyl sites for hydroxylation is 2. The maximum absolute atomic E-state index is 12.8. The average Bonchev–Trinajstić information content (AvgIpc) is 3.42. The molecule has 0 aromatic carbocycles. The number of H-pyrrole nitrogens is 1. The minimum atomic E-state index is -0.108. The Morgan fingerprint density at radius 1 is 1.39 bits per heavy atom. The monoisotopic (exact) mass is 385 g/mol. The van der Waals surface area contributed by atoms with Crippen LogP contribution in [0.4, 0.5) is 0 Å². The number of aromatic nitrogens is 4. The number of aromatic amines is 1. The zero-order valence-corrected chi connectivity index (χ0v) is 16.2. The minimum Gasteiger partial charge on any atom is -0.479 e. The van der Waals surface area contributed by atoms with Gasteiger partial charge < -0.3 is 14.2 Å². The molecule has 148 valence electrons. The third kappa shape index (κ3) is 3.17. The Morgan fingerprint density at radius 3 is 2.96 bits per heavy atom. The molecule has 1 unspecified atom stereocenters. The van der Waals surface area contributed by atoms with Gasteiger partial charge in [-0.2, -0.15) is 0 Å². The molecular weight excluding hydrogens is 362 g/mol. The van der Waals surface area contributed by atoms with Crippen LogP contribution in [0.1, 0.15) is 48.0 Å². The number of hydrogen-bond acceptors (Lipinski definition) is 6. The van der Waals surface area contributed by atoms with Crippen molar-refractivity contribution in [3.63, 3.8) is 0 Å². The number of methoxy groups -OCH3 is 1. The van der Waals surface area contributed by atoms with Crippen molar-refractivity contribution in [3.05, 3.63) is 45.2 Å². The molecule has 0 spiro atoms. The van der Waals surface area contributed by atoms with E-state index in [4.69, 9.17) is 9.26 Å². The summed E-state index contributed by atoms with van der Waals surface area (Å²) in [5.41, 5.74) is 2.65. The zero-order chi connectivity index (χ0) is 19.8. The van der Waals surface area contributed by atoms with E-state index in [0.717, 1.165) is 24.2 Å². The van der Waals surface area contributed by atoms with Crippen molar-refractivity contribution >= 4 is 11.6 Å². The predicted molar refractivity (Wildman–Crippen MR) is 100 cm³/mol. The van der Waals surface area contributed by atoms with Gasteiger partial charge in [0.2, 0.25) is 5.91 Å². The number of fused-ring (bicyclic) bond motifs is 1. The summed E-state index contributed by atoms with van der Waals surface area (Å²) in [6.07, 6.45) is 2.56. The summed E-state index contributed by atoms with van der Waals surface area (Å²) in [5, 5.41) is 6.90. The Kier molecular flexibility index (Phi) is 4.66. The first kappa shape index (κ1) is 18.3. The van der Waals surface area contributed by atoms with Crippen molar-refractivity contribution in [2.45, 2.75) is 45.6 Å². The van der Waals surface area contributed by atoms with Crippen LogP contribution in [0.5, 0.6) is 5.88 Å². The van der Waals surface area contributed by atoms with Gasteiger partial charge in [0.15, 0.2) is 5.65 Å². The topological polar surface area (TPSA) is 106 Å². The molecule has 0 bridgehead atoms. The van der Waals surface area contributed by atoms with Crippen molar-refractivity contribution in [1.82, 2.24) is 24.7 Å². The maximum atomic E-state index is 12.8. The molecule has 1 N–H and O–H groups in total. The Labute approximate surface area is 161 Å². The number of rotatable bonds is 5. The number of amides is 1. The summed E-state index contributed by atoms with van der Waals surface area (Å²) in [6.45, 7) is 4.29. The Bertz CT molecular complexity index is 1080. The van der Waals surface area contributed by atoms with Gasteiger partial charge in [0, 0.05) is 42.8 Å². The molecule has 1 aliphatic rings. The van der Waals surface area contributed by atoms with E-state index in [1.54, 1.807) is 13.0 Å². The maximum Gasteiger partial charge on any atom is 0.275 e. The van der Waals surface area contributed by atoms with Gasteiger partial charge >= 0.3 is 0 Å². The highest BCUT2D eigenvalue weighted by Crippen LogP contribution is 2.32. The second-order valence-corrected chi connectivity index (χ2v) is 7.11. The lowest BCUT2D eigenvalue weighted by atomic mass is 10.1. The third-order valence-corrected chi connectivity index (χ3v) is 5.37. The molecule has 9 heteroatoms. The van der Waals surface area contributed by atoms with E-state index in [9.17, 15) is 9.59 Å². The van der Waals surface area contributed by atoms with Crippen molar-refractivity contribution in [2.75, 3.05) is 13.7 Å². The summed E-state index contributed by atoms with van der Waals surface area (Å²) in [4.78, 5) is 31.6. The van der Waals surface area contributed by atoms with E-state index in [1.807, 2.05) is 17.9 Å². The van der Waals surface area contributed by atoms with Gasteiger partial charge in [0.1, 0.15) is 5.76 Å². The minimum absolute atomic E-state index is 0.0455. The first-order valence-corrected chi connectivity index (χ1v) is 9.36. The SMILES string of the molecule is COc1cc(CCC(=O)N2CCCC2c2cc3nc(C)c(C)c(=O)n3[nH]2)on1. The average molecular weight is 385 g/mol. The summed E-state index contributed by atoms with van der Waals surface area (Å²) < 4.78 is 11.6. The van der Waals surface area contributed by atoms with Crippen molar-refractivity contribution in [1.29, 1.82) is 0 Å². The van der Waals surface area contributed by atoms with Crippen LogP contribution >= 0.6 is 0 Å². The Balaban J connectivity index is 1.53. The molecule has 1 atom stereocenters. The van der Waals surface area contributed by atoms with Crippen LogP contribution < -0.4 is 10.3 Å². The van der Waals surface area contributed by atoms with Crippen LogP contribution in [0.3, 0.4) is 0 Å². The highest BCUT2D eigenvalue weighted by Gasteiger charge is 2.31. The van der Waals surface area contributed by atoms with Crippen LogP contribution in [0.25, 0.3) is 5.65 Å². The number of hydrogen-bond donors (Lipinski definition) is 1. The normalized spacial score (nSPS) is 16.8. The van der Waals surface area contributed by atoms with Gasteiger partial charge in [-0.1, -0.05) is 0 Å². The lowest BCUT2D eigenvalue weighted by Gasteiger charge is -2.23. The molecular formula is C19H23N5O4. The highest BCUT2D eigenvalue weighted by molar-refractivity contribution is 5.77. The molecule has 0 saturated carbocycles. The highest BCUT2D eigenvalue weighted by atomic mass is 16.5. The van der Waals surface area contributed by atoms with E-state index >= 15 is 0 Å². The van der Waals surface area contributed by atoms with Gasteiger partial charge in [-0.3, -0.25) is 14.7 Å².